The van der Waals surface area contributed by atoms with Crippen LogP contribution in [0.5, 0.6) is 17.2 Å². The molecule has 0 atom stereocenters. The number of aliphatic imine (C=N–C) groups is 1. The highest BCUT2D eigenvalue weighted by molar-refractivity contribution is 14.0. The third kappa shape index (κ3) is 6.97. The van der Waals surface area contributed by atoms with Gasteiger partial charge in [-0.2, -0.15) is 0 Å². The van der Waals surface area contributed by atoms with E-state index in [1.807, 2.05) is 19.1 Å². The summed E-state index contributed by atoms with van der Waals surface area (Å²) in [6.45, 7) is 6.58. The van der Waals surface area contributed by atoms with E-state index in [1.165, 1.54) is 18.4 Å². The highest BCUT2D eigenvalue weighted by Crippen LogP contribution is 2.31. The first-order valence-electron chi connectivity index (χ1n) is 10.2. The number of guanidine groups is 1. The molecule has 7 heteroatoms. The number of aryl methyl sites for hydroxylation is 1. The SMILES string of the molecule is CCNC(=NCc1ccc(C)cc1OCC1CC1)NCc1cccc(OC)c1O.I. The first-order valence-corrected chi connectivity index (χ1v) is 10.2. The smallest absolute Gasteiger partial charge is 0.191 e. The summed E-state index contributed by atoms with van der Waals surface area (Å²) < 4.78 is 11.2. The fraction of sp³-hybridized carbons (Fsp3) is 0.435. The van der Waals surface area contributed by atoms with E-state index >= 15 is 0 Å². The van der Waals surface area contributed by atoms with Crippen molar-refractivity contribution in [2.75, 3.05) is 20.3 Å². The van der Waals surface area contributed by atoms with Crippen molar-refractivity contribution in [3.05, 3.63) is 53.1 Å². The zero-order chi connectivity index (χ0) is 20.6. The number of aromatic hydroxyl groups is 1. The lowest BCUT2D eigenvalue weighted by Gasteiger charge is -2.14. The van der Waals surface area contributed by atoms with Crippen LogP contribution in [0.25, 0.3) is 0 Å². The summed E-state index contributed by atoms with van der Waals surface area (Å²) in [5, 5.41) is 16.8. The van der Waals surface area contributed by atoms with Crippen LogP contribution in [0.2, 0.25) is 0 Å². The molecule has 1 aliphatic carbocycles. The van der Waals surface area contributed by atoms with Gasteiger partial charge in [0, 0.05) is 24.2 Å². The Hall–Kier alpha value is -2.16. The topological polar surface area (TPSA) is 75.1 Å². The second-order valence-corrected chi connectivity index (χ2v) is 7.38. The fourth-order valence-electron chi connectivity index (χ4n) is 2.98. The molecule has 164 valence electrons. The van der Waals surface area contributed by atoms with Gasteiger partial charge in [-0.25, -0.2) is 4.99 Å². The summed E-state index contributed by atoms with van der Waals surface area (Å²) in [5.74, 6) is 2.92. The minimum absolute atomic E-state index is 0. The van der Waals surface area contributed by atoms with Crippen LogP contribution in [-0.2, 0) is 13.1 Å². The van der Waals surface area contributed by atoms with Crippen molar-refractivity contribution in [2.45, 2.75) is 39.8 Å². The zero-order valence-electron chi connectivity index (χ0n) is 17.9. The van der Waals surface area contributed by atoms with Crippen LogP contribution >= 0.6 is 24.0 Å². The molecule has 0 unspecified atom stereocenters. The maximum absolute atomic E-state index is 10.3. The van der Waals surface area contributed by atoms with E-state index in [1.54, 1.807) is 13.2 Å². The lowest BCUT2D eigenvalue weighted by molar-refractivity contribution is 0.296. The third-order valence-corrected chi connectivity index (χ3v) is 4.89. The molecule has 3 N–H and O–H groups in total. The molecule has 1 fully saturated rings. The molecule has 0 amide bonds. The lowest BCUT2D eigenvalue weighted by Crippen LogP contribution is -2.36. The van der Waals surface area contributed by atoms with E-state index in [-0.39, 0.29) is 29.7 Å². The summed E-state index contributed by atoms with van der Waals surface area (Å²) in [4.78, 5) is 4.71. The van der Waals surface area contributed by atoms with Crippen LogP contribution in [-0.4, -0.2) is 31.3 Å². The molecule has 0 spiro atoms. The van der Waals surface area contributed by atoms with Crippen LogP contribution in [0.3, 0.4) is 0 Å². The number of hydrogen-bond donors (Lipinski definition) is 3. The Balaban J connectivity index is 0.00000320. The first kappa shape index (κ1) is 24.1. The molecule has 0 aliphatic heterocycles. The normalized spacial score (nSPS) is 13.4. The number of phenols is 1. The van der Waals surface area contributed by atoms with Gasteiger partial charge in [0.1, 0.15) is 5.75 Å². The molecule has 3 rings (SSSR count). The number of ether oxygens (including phenoxy) is 2. The van der Waals surface area contributed by atoms with Gasteiger partial charge in [0.2, 0.25) is 0 Å². The van der Waals surface area contributed by atoms with Crippen molar-refractivity contribution in [2.24, 2.45) is 10.9 Å². The predicted octanol–water partition coefficient (Wildman–Crippen LogP) is 4.37. The van der Waals surface area contributed by atoms with Crippen LogP contribution in [0.1, 0.15) is 36.5 Å². The van der Waals surface area contributed by atoms with Crippen LogP contribution in [0, 0.1) is 12.8 Å². The second kappa shape index (κ2) is 11.9. The number of phenolic OH excluding ortho intramolecular Hbond substituents is 1. The number of halogens is 1. The summed E-state index contributed by atoms with van der Waals surface area (Å²) >= 11 is 0. The van der Waals surface area contributed by atoms with Crippen molar-refractivity contribution in [1.82, 2.24) is 10.6 Å². The van der Waals surface area contributed by atoms with Gasteiger partial charge in [-0.1, -0.05) is 24.3 Å². The van der Waals surface area contributed by atoms with Crippen LogP contribution in [0.4, 0.5) is 0 Å². The van der Waals surface area contributed by atoms with Gasteiger partial charge in [-0.3, -0.25) is 0 Å². The molecular formula is C23H32IN3O3. The average Bonchev–Trinajstić information content (AvgIpc) is 3.55. The highest BCUT2D eigenvalue weighted by atomic mass is 127. The first-order chi connectivity index (χ1) is 14.1. The Kier molecular flexibility index (Phi) is 9.55. The van der Waals surface area contributed by atoms with Crippen molar-refractivity contribution in [3.8, 4) is 17.2 Å². The Morgan fingerprint density at radius 3 is 2.63 bits per heavy atom. The number of nitrogens with one attached hydrogen (secondary N) is 2. The standard InChI is InChI=1S/C23H31N3O3.HI/c1-4-24-23(26-14-19-6-5-7-20(28-3)22(19)27)25-13-18-11-8-16(2)12-21(18)29-15-17-9-10-17;/h5-8,11-12,17,27H,4,9-10,13-15H2,1-3H3,(H2,24,25,26);1H. The molecule has 6 nitrogen and oxygen atoms in total. The predicted molar refractivity (Wildman–Crippen MR) is 131 cm³/mol. The quantitative estimate of drug-likeness (QED) is 0.258. The number of nitrogens with zero attached hydrogens (tertiary/aromatic N) is 1. The Morgan fingerprint density at radius 2 is 1.93 bits per heavy atom. The van der Waals surface area contributed by atoms with Gasteiger partial charge >= 0.3 is 0 Å². The summed E-state index contributed by atoms with van der Waals surface area (Å²) in [6.07, 6.45) is 2.54. The van der Waals surface area contributed by atoms with Gasteiger partial charge in [-0.05, 0) is 50.3 Å². The Bertz CT molecular complexity index is 854. The van der Waals surface area contributed by atoms with E-state index in [4.69, 9.17) is 14.5 Å². The molecule has 0 saturated heterocycles. The van der Waals surface area contributed by atoms with Crippen LogP contribution in [0.15, 0.2) is 41.4 Å². The minimum Gasteiger partial charge on any atom is -0.504 e. The van der Waals surface area contributed by atoms with Crippen molar-refractivity contribution < 1.29 is 14.6 Å². The van der Waals surface area contributed by atoms with E-state index < -0.39 is 0 Å². The van der Waals surface area contributed by atoms with Crippen molar-refractivity contribution in [1.29, 1.82) is 0 Å². The molecule has 1 aliphatic rings. The maximum atomic E-state index is 10.3. The van der Waals surface area contributed by atoms with Gasteiger partial charge in [-0.15, -0.1) is 24.0 Å². The number of rotatable bonds is 9. The average molecular weight is 525 g/mol. The molecular weight excluding hydrogens is 493 g/mol. The second-order valence-electron chi connectivity index (χ2n) is 7.38. The number of hydrogen-bond acceptors (Lipinski definition) is 4. The summed E-state index contributed by atoms with van der Waals surface area (Å²) in [5.41, 5.74) is 3.00. The molecule has 0 aromatic heterocycles. The molecule has 0 heterocycles. The number of para-hydroxylation sites is 1. The van der Waals surface area contributed by atoms with E-state index in [2.05, 4.69) is 35.8 Å². The van der Waals surface area contributed by atoms with Crippen molar-refractivity contribution in [3.63, 3.8) is 0 Å². The van der Waals surface area contributed by atoms with E-state index in [9.17, 15) is 5.11 Å². The summed E-state index contributed by atoms with van der Waals surface area (Å²) in [6, 6.07) is 11.7. The summed E-state index contributed by atoms with van der Waals surface area (Å²) in [7, 11) is 1.54. The minimum atomic E-state index is 0. The third-order valence-electron chi connectivity index (χ3n) is 4.89. The molecule has 30 heavy (non-hydrogen) atoms. The highest BCUT2D eigenvalue weighted by Gasteiger charge is 2.22. The van der Waals surface area contributed by atoms with Crippen molar-refractivity contribution >= 4 is 29.9 Å². The molecule has 2 aromatic carbocycles. The van der Waals surface area contributed by atoms with Gasteiger partial charge in [0.25, 0.3) is 0 Å². The maximum Gasteiger partial charge on any atom is 0.191 e. The molecule has 0 radical (unpaired) electrons. The zero-order valence-corrected chi connectivity index (χ0v) is 20.2. The fourth-order valence-corrected chi connectivity index (χ4v) is 2.98. The Labute approximate surface area is 196 Å². The molecule has 2 aromatic rings. The number of methoxy groups -OCH3 is 1. The lowest BCUT2D eigenvalue weighted by atomic mass is 10.1. The monoisotopic (exact) mass is 525 g/mol. The van der Waals surface area contributed by atoms with Crippen LogP contribution < -0.4 is 20.1 Å². The Morgan fingerprint density at radius 1 is 1.13 bits per heavy atom. The molecule has 1 saturated carbocycles. The van der Waals surface area contributed by atoms with Gasteiger partial charge in [0.15, 0.2) is 17.5 Å². The largest absolute Gasteiger partial charge is 0.504 e. The molecule has 0 bridgehead atoms. The van der Waals surface area contributed by atoms with Gasteiger partial charge < -0.3 is 25.2 Å². The van der Waals surface area contributed by atoms with E-state index in [0.29, 0.717) is 30.7 Å². The van der Waals surface area contributed by atoms with E-state index in [0.717, 1.165) is 30.0 Å². The number of benzene rings is 2. The van der Waals surface area contributed by atoms with Gasteiger partial charge in [0.05, 0.1) is 20.3 Å².